The number of allylic oxidation sites excluding steroid dienone is 2. The second-order valence-corrected chi connectivity index (χ2v) is 18.5. The average molecular weight is 977 g/mol. The van der Waals surface area contributed by atoms with Crippen molar-refractivity contribution in [1.29, 1.82) is 0 Å². The predicted octanol–water partition coefficient (Wildman–Crippen LogP) is 15.3. The number of benzene rings is 3. The third kappa shape index (κ3) is 11.2. The van der Waals surface area contributed by atoms with Crippen molar-refractivity contribution in [2.45, 2.75) is 134 Å². The van der Waals surface area contributed by atoms with Crippen molar-refractivity contribution >= 4 is 38.0 Å². The van der Waals surface area contributed by atoms with Gasteiger partial charge in [0.2, 0.25) is 0 Å². The molecule has 0 aliphatic rings. The molecule has 0 amide bonds. The number of aryl methyl sites for hydroxylation is 3. The van der Waals surface area contributed by atoms with E-state index in [1.165, 1.54) is 23.0 Å². The fourth-order valence-electron chi connectivity index (χ4n) is 7.79. The van der Waals surface area contributed by atoms with E-state index in [9.17, 15) is 23.1 Å². The molecule has 57 heavy (non-hydrogen) atoms. The maximum absolute atomic E-state index is 14.4. The van der Waals surface area contributed by atoms with Gasteiger partial charge in [-0.25, -0.2) is 0 Å². The third-order valence-corrected chi connectivity index (χ3v) is 12.0. The van der Waals surface area contributed by atoms with Crippen LogP contribution in [0.4, 0.5) is 13.2 Å². The fraction of sp³-hybridized carbons (Fsp3) is 0.469. The Morgan fingerprint density at radius 3 is 1.93 bits per heavy atom. The zero-order valence-corrected chi connectivity index (χ0v) is 39.3. The first-order valence-corrected chi connectivity index (χ1v) is 20.9. The molecule has 0 saturated carbocycles. The second kappa shape index (κ2) is 19.2. The van der Waals surface area contributed by atoms with Crippen LogP contribution >= 0.6 is 11.3 Å². The predicted molar refractivity (Wildman–Crippen MR) is 232 cm³/mol. The molecule has 0 fully saturated rings. The first kappa shape index (κ1) is 48.1. The summed E-state index contributed by atoms with van der Waals surface area (Å²) in [5.41, 5.74) is 6.71. The van der Waals surface area contributed by atoms with Gasteiger partial charge in [0.25, 0.3) is 0 Å². The SMILES string of the molecule is CCC(CC)C(=O)/C=C(\O)C(CC)CC.Cc1cc(CC(C)(C)C)cc(C)c1-c1sc2c(-c3[c-]c4ccccc4c(C(C)(C)C)c3)ncc(C(F)(F)F)c2c1C.[Ir]. The third-order valence-electron chi connectivity index (χ3n) is 10.7. The molecule has 0 aliphatic heterocycles. The van der Waals surface area contributed by atoms with Gasteiger partial charge in [0, 0.05) is 64.9 Å². The van der Waals surface area contributed by atoms with Gasteiger partial charge in [0.1, 0.15) is 0 Å². The Hall–Kier alpha value is -3.32. The van der Waals surface area contributed by atoms with Crippen LogP contribution in [-0.2, 0) is 42.9 Å². The molecule has 0 unspecified atom stereocenters. The average Bonchev–Trinajstić information content (AvgIpc) is 3.42. The number of nitrogens with zero attached hydrogens (tertiary/aromatic N) is 1. The molecule has 0 bridgehead atoms. The molecule has 1 N–H and O–H groups in total. The molecule has 3 nitrogen and oxygen atoms in total. The van der Waals surface area contributed by atoms with Gasteiger partial charge >= 0.3 is 6.18 Å². The van der Waals surface area contributed by atoms with Gasteiger partial charge in [0.15, 0.2) is 5.78 Å². The molecule has 2 aromatic heterocycles. The number of carbonyl (C=O) groups excluding carboxylic acids is 1. The van der Waals surface area contributed by atoms with Crippen molar-refractivity contribution in [1.82, 2.24) is 4.98 Å². The van der Waals surface area contributed by atoms with E-state index in [1.807, 2.05) is 52.8 Å². The summed E-state index contributed by atoms with van der Waals surface area (Å²) in [6.45, 7) is 27.1. The Bertz CT molecular complexity index is 2190. The number of hydrogen-bond donors (Lipinski definition) is 1. The van der Waals surface area contributed by atoms with Crippen LogP contribution in [0.15, 0.2) is 60.5 Å². The molecule has 0 atom stereocenters. The Balaban J connectivity index is 0.000000464. The van der Waals surface area contributed by atoms with E-state index in [-0.39, 0.29) is 59.7 Å². The maximum Gasteiger partial charge on any atom is 0.418 e. The van der Waals surface area contributed by atoms with Crippen LogP contribution in [0.3, 0.4) is 0 Å². The normalized spacial score (nSPS) is 12.6. The van der Waals surface area contributed by atoms with Crippen molar-refractivity contribution < 1.29 is 43.2 Å². The van der Waals surface area contributed by atoms with Crippen LogP contribution < -0.4 is 0 Å². The molecule has 5 rings (SSSR count). The summed E-state index contributed by atoms with van der Waals surface area (Å²) in [7, 11) is 0. The molecule has 0 spiro atoms. The summed E-state index contributed by atoms with van der Waals surface area (Å²) in [5.74, 6) is 0.547. The van der Waals surface area contributed by atoms with E-state index < -0.39 is 11.7 Å². The van der Waals surface area contributed by atoms with Crippen molar-refractivity contribution in [3.05, 3.63) is 99.9 Å². The Morgan fingerprint density at radius 1 is 0.860 bits per heavy atom. The van der Waals surface area contributed by atoms with E-state index in [0.717, 1.165) is 76.2 Å². The number of aliphatic hydroxyl groups is 1. The summed E-state index contributed by atoms with van der Waals surface area (Å²) in [4.78, 5) is 17.1. The van der Waals surface area contributed by atoms with Crippen molar-refractivity contribution in [3.8, 4) is 21.7 Å². The van der Waals surface area contributed by atoms with Crippen molar-refractivity contribution in [2.75, 3.05) is 0 Å². The molecule has 1 radical (unpaired) electrons. The zero-order chi connectivity index (χ0) is 41.9. The minimum atomic E-state index is -4.52. The molecular formula is C49H61F3IrNO2S-. The van der Waals surface area contributed by atoms with Crippen LogP contribution in [0.25, 0.3) is 42.6 Å². The van der Waals surface area contributed by atoms with Crippen molar-refractivity contribution in [2.24, 2.45) is 17.3 Å². The number of fused-ring (bicyclic) bond motifs is 2. The van der Waals surface area contributed by atoms with Crippen LogP contribution in [0.5, 0.6) is 0 Å². The number of hydrogen-bond acceptors (Lipinski definition) is 4. The van der Waals surface area contributed by atoms with Crippen LogP contribution in [0, 0.1) is 44.1 Å². The first-order valence-electron chi connectivity index (χ1n) is 20.1. The summed E-state index contributed by atoms with van der Waals surface area (Å²) >= 11 is 1.41. The van der Waals surface area contributed by atoms with Gasteiger partial charge in [-0.15, -0.1) is 40.5 Å². The monoisotopic (exact) mass is 977 g/mol. The summed E-state index contributed by atoms with van der Waals surface area (Å²) in [6, 6.07) is 18.0. The molecule has 0 aliphatic carbocycles. The molecule has 2 heterocycles. The molecule has 0 saturated heterocycles. The van der Waals surface area contributed by atoms with Gasteiger partial charge in [-0.05, 0) is 91.5 Å². The number of ketones is 1. The van der Waals surface area contributed by atoms with Gasteiger partial charge in [-0.3, -0.25) is 9.78 Å². The molecule has 8 heteroatoms. The number of alkyl halides is 3. The Kier molecular flexibility index (Phi) is 16.2. The van der Waals surface area contributed by atoms with E-state index in [0.29, 0.717) is 21.5 Å². The minimum Gasteiger partial charge on any atom is -0.512 e. The van der Waals surface area contributed by atoms with Crippen molar-refractivity contribution in [3.63, 3.8) is 0 Å². The number of thiophene rings is 1. The zero-order valence-electron chi connectivity index (χ0n) is 36.1. The van der Waals surface area contributed by atoms with E-state index in [1.54, 1.807) is 0 Å². The van der Waals surface area contributed by atoms with Gasteiger partial charge < -0.3 is 5.11 Å². The standard InChI is InChI=1S/C36H37F3NS.C13H24O2.Ir/c1-20-14-23(18-34(4,5)6)15-21(2)29(20)32-22(3)30-28(36(37,38)39)19-40-31(33(30)41-32)25-16-24-12-10-11-13-26(24)27(17-25)35(7,8)9;1-5-10(6-2)12(14)9-13(15)11(7-3)8-4;/h10-15,17,19H,18H2,1-9H3;9-11,14H,5-8H2,1-4H3;/q-1;;/b;12-9-;. The van der Waals surface area contributed by atoms with E-state index in [2.05, 4.69) is 90.7 Å². The number of carbonyl (C=O) groups is 1. The number of aliphatic hydroxyl groups excluding tert-OH is 1. The van der Waals surface area contributed by atoms with Crippen LogP contribution in [-0.4, -0.2) is 15.9 Å². The Morgan fingerprint density at radius 2 is 1.42 bits per heavy atom. The molecule has 3 aromatic carbocycles. The first-order chi connectivity index (χ1) is 26.1. The number of halogens is 3. The van der Waals surface area contributed by atoms with Crippen LogP contribution in [0.1, 0.15) is 128 Å². The Labute approximate surface area is 357 Å². The molecule has 311 valence electrons. The second-order valence-electron chi connectivity index (χ2n) is 17.5. The smallest absolute Gasteiger partial charge is 0.418 e. The summed E-state index contributed by atoms with van der Waals surface area (Å²) < 4.78 is 43.7. The minimum absolute atomic E-state index is 0. The van der Waals surface area contributed by atoms with E-state index in [4.69, 9.17) is 0 Å². The van der Waals surface area contributed by atoms with E-state index >= 15 is 0 Å². The number of rotatable bonds is 10. The molecule has 5 aromatic rings. The number of pyridine rings is 1. The summed E-state index contributed by atoms with van der Waals surface area (Å²) in [6.07, 6.45) is 2.33. The largest absolute Gasteiger partial charge is 0.512 e. The summed E-state index contributed by atoms with van der Waals surface area (Å²) in [5, 5.41) is 12.0. The van der Waals surface area contributed by atoms with Crippen LogP contribution in [0.2, 0.25) is 0 Å². The molecular weight excluding hydrogens is 916 g/mol. The quantitative estimate of drug-likeness (QED) is 0.0862. The van der Waals surface area contributed by atoms with Gasteiger partial charge in [-0.2, -0.15) is 13.2 Å². The maximum atomic E-state index is 14.4. The number of aromatic nitrogens is 1. The fourth-order valence-corrected chi connectivity index (χ4v) is 9.29. The van der Waals surface area contributed by atoms with Gasteiger partial charge in [0.05, 0.1) is 11.3 Å². The topological polar surface area (TPSA) is 50.2 Å². The van der Waals surface area contributed by atoms with Gasteiger partial charge in [-0.1, -0.05) is 111 Å².